The highest BCUT2D eigenvalue weighted by Crippen LogP contribution is 2.29. The zero-order valence-corrected chi connectivity index (χ0v) is 9.63. The van der Waals surface area contributed by atoms with Crippen molar-refractivity contribution in [2.45, 2.75) is 44.7 Å². The third kappa shape index (κ3) is 3.61. The maximum absolute atomic E-state index is 12.8. The van der Waals surface area contributed by atoms with Crippen LogP contribution >= 0.6 is 0 Å². The standard InChI is InChI=1S/C10H19F3N2O/c1-7-5-15(6-8(2)16-7)9(3-4-14)10(11,12)13/h7-9H,3-6,14H2,1-2H3. The molecule has 0 bridgehead atoms. The molecule has 0 aromatic rings. The van der Waals surface area contributed by atoms with Crippen molar-refractivity contribution < 1.29 is 17.9 Å². The van der Waals surface area contributed by atoms with Gasteiger partial charge in [0.05, 0.1) is 12.2 Å². The van der Waals surface area contributed by atoms with Crippen molar-refractivity contribution >= 4 is 0 Å². The van der Waals surface area contributed by atoms with E-state index in [1.165, 1.54) is 4.90 Å². The first-order valence-corrected chi connectivity index (χ1v) is 5.51. The normalized spacial score (nSPS) is 30.4. The molecule has 1 aliphatic rings. The van der Waals surface area contributed by atoms with Crippen LogP contribution in [-0.4, -0.2) is 49.0 Å². The first kappa shape index (κ1) is 13.7. The van der Waals surface area contributed by atoms with Gasteiger partial charge < -0.3 is 10.5 Å². The molecule has 1 heterocycles. The van der Waals surface area contributed by atoms with Crippen molar-refractivity contribution in [3.8, 4) is 0 Å². The van der Waals surface area contributed by atoms with E-state index < -0.39 is 12.2 Å². The van der Waals surface area contributed by atoms with Crippen LogP contribution in [0.3, 0.4) is 0 Å². The van der Waals surface area contributed by atoms with E-state index in [-0.39, 0.29) is 25.2 Å². The molecule has 0 aliphatic carbocycles. The minimum atomic E-state index is -4.21. The molecule has 6 heteroatoms. The van der Waals surface area contributed by atoms with Gasteiger partial charge in [-0.1, -0.05) is 0 Å². The van der Waals surface area contributed by atoms with Crippen molar-refractivity contribution in [1.82, 2.24) is 4.90 Å². The van der Waals surface area contributed by atoms with Crippen LogP contribution in [0.4, 0.5) is 13.2 Å². The molecule has 0 spiro atoms. The lowest BCUT2D eigenvalue weighted by molar-refractivity contribution is -0.203. The number of ether oxygens (including phenoxy) is 1. The van der Waals surface area contributed by atoms with Gasteiger partial charge in [0, 0.05) is 13.1 Å². The monoisotopic (exact) mass is 240 g/mol. The van der Waals surface area contributed by atoms with Crippen LogP contribution in [0.25, 0.3) is 0 Å². The fourth-order valence-electron chi connectivity index (χ4n) is 2.18. The van der Waals surface area contributed by atoms with Gasteiger partial charge in [-0.15, -0.1) is 0 Å². The summed E-state index contributed by atoms with van der Waals surface area (Å²) in [5.74, 6) is 0. The second-order valence-electron chi connectivity index (χ2n) is 4.35. The molecule has 3 unspecified atom stereocenters. The summed E-state index contributed by atoms with van der Waals surface area (Å²) in [7, 11) is 0. The zero-order chi connectivity index (χ0) is 12.3. The van der Waals surface area contributed by atoms with Crippen LogP contribution in [0.2, 0.25) is 0 Å². The Labute approximate surface area is 93.7 Å². The summed E-state index contributed by atoms with van der Waals surface area (Å²) in [6, 6.07) is -1.44. The van der Waals surface area contributed by atoms with Gasteiger partial charge in [-0.25, -0.2) is 0 Å². The van der Waals surface area contributed by atoms with Crippen molar-refractivity contribution in [1.29, 1.82) is 0 Å². The van der Waals surface area contributed by atoms with E-state index in [4.69, 9.17) is 10.5 Å². The fourth-order valence-corrected chi connectivity index (χ4v) is 2.18. The molecule has 3 nitrogen and oxygen atoms in total. The summed E-state index contributed by atoms with van der Waals surface area (Å²) in [5, 5.41) is 0. The third-order valence-electron chi connectivity index (χ3n) is 2.71. The molecule has 1 aliphatic heterocycles. The van der Waals surface area contributed by atoms with E-state index in [1.54, 1.807) is 13.8 Å². The molecule has 0 aromatic carbocycles. The van der Waals surface area contributed by atoms with Gasteiger partial charge in [0.2, 0.25) is 0 Å². The zero-order valence-electron chi connectivity index (χ0n) is 9.63. The van der Waals surface area contributed by atoms with E-state index >= 15 is 0 Å². The van der Waals surface area contributed by atoms with Crippen LogP contribution in [0.5, 0.6) is 0 Å². The van der Waals surface area contributed by atoms with Gasteiger partial charge in [-0.05, 0) is 26.8 Å². The summed E-state index contributed by atoms with van der Waals surface area (Å²) in [6.07, 6.45) is -4.59. The highest BCUT2D eigenvalue weighted by molar-refractivity contribution is 4.84. The Morgan fingerprint density at radius 1 is 1.31 bits per heavy atom. The van der Waals surface area contributed by atoms with Gasteiger partial charge in [0.25, 0.3) is 0 Å². The minimum Gasteiger partial charge on any atom is -0.373 e. The fraction of sp³-hybridized carbons (Fsp3) is 1.00. The molecule has 1 saturated heterocycles. The molecule has 3 atom stereocenters. The molecule has 1 rings (SSSR count). The summed E-state index contributed by atoms with van der Waals surface area (Å²) in [4.78, 5) is 1.44. The van der Waals surface area contributed by atoms with Crippen molar-refractivity contribution in [3.05, 3.63) is 0 Å². The van der Waals surface area contributed by atoms with Gasteiger partial charge in [0.15, 0.2) is 0 Å². The Balaban J connectivity index is 2.70. The van der Waals surface area contributed by atoms with E-state index in [0.29, 0.717) is 13.1 Å². The highest BCUT2D eigenvalue weighted by atomic mass is 19.4. The molecule has 0 radical (unpaired) electrons. The van der Waals surface area contributed by atoms with Crippen LogP contribution in [0.1, 0.15) is 20.3 Å². The van der Waals surface area contributed by atoms with Crippen LogP contribution in [0.15, 0.2) is 0 Å². The van der Waals surface area contributed by atoms with Crippen molar-refractivity contribution in [3.63, 3.8) is 0 Å². The smallest absolute Gasteiger partial charge is 0.373 e. The first-order chi connectivity index (χ1) is 7.34. The van der Waals surface area contributed by atoms with Crippen LogP contribution in [0, 0.1) is 0 Å². The summed E-state index contributed by atoms with van der Waals surface area (Å²) in [5.41, 5.74) is 5.24. The Kier molecular flexibility index (Phi) is 4.58. The third-order valence-corrected chi connectivity index (χ3v) is 2.71. The molecule has 0 amide bonds. The maximum atomic E-state index is 12.8. The summed E-state index contributed by atoms with van der Waals surface area (Å²) < 4.78 is 43.8. The summed E-state index contributed by atoms with van der Waals surface area (Å²) in [6.45, 7) is 4.25. The number of halogens is 3. The number of hydrogen-bond acceptors (Lipinski definition) is 3. The van der Waals surface area contributed by atoms with Crippen LogP contribution < -0.4 is 5.73 Å². The lowest BCUT2D eigenvalue weighted by atomic mass is 10.1. The average Bonchev–Trinajstić information content (AvgIpc) is 2.10. The quantitative estimate of drug-likeness (QED) is 0.810. The van der Waals surface area contributed by atoms with Crippen molar-refractivity contribution in [2.24, 2.45) is 5.73 Å². The predicted molar refractivity (Wildman–Crippen MR) is 55.1 cm³/mol. The first-order valence-electron chi connectivity index (χ1n) is 5.51. The number of hydrogen-bond donors (Lipinski definition) is 1. The number of nitrogens with zero attached hydrogens (tertiary/aromatic N) is 1. The Hall–Kier alpha value is -0.330. The largest absolute Gasteiger partial charge is 0.404 e. The topological polar surface area (TPSA) is 38.5 Å². The Morgan fingerprint density at radius 2 is 1.81 bits per heavy atom. The molecular formula is C10H19F3N2O. The van der Waals surface area contributed by atoms with Crippen molar-refractivity contribution in [2.75, 3.05) is 19.6 Å². The number of rotatable bonds is 3. The second-order valence-corrected chi connectivity index (χ2v) is 4.35. The van der Waals surface area contributed by atoms with Gasteiger partial charge in [-0.3, -0.25) is 4.90 Å². The van der Waals surface area contributed by atoms with E-state index in [2.05, 4.69) is 0 Å². The number of alkyl halides is 3. The Morgan fingerprint density at radius 3 is 2.19 bits per heavy atom. The molecular weight excluding hydrogens is 221 g/mol. The Bertz CT molecular complexity index is 213. The van der Waals surface area contributed by atoms with Gasteiger partial charge in [-0.2, -0.15) is 13.2 Å². The predicted octanol–water partition coefficient (Wildman–Crippen LogP) is 1.38. The van der Waals surface area contributed by atoms with E-state index in [1.807, 2.05) is 0 Å². The SMILES string of the molecule is CC1CN(C(CCN)C(F)(F)F)CC(C)O1. The molecule has 0 saturated carbocycles. The van der Waals surface area contributed by atoms with Gasteiger partial charge >= 0.3 is 6.18 Å². The van der Waals surface area contributed by atoms with E-state index in [9.17, 15) is 13.2 Å². The van der Waals surface area contributed by atoms with Gasteiger partial charge in [0.1, 0.15) is 6.04 Å². The molecule has 16 heavy (non-hydrogen) atoms. The van der Waals surface area contributed by atoms with Crippen LogP contribution in [-0.2, 0) is 4.74 Å². The number of morpholine rings is 1. The summed E-state index contributed by atoms with van der Waals surface area (Å²) >= 11 is 0. The number of nitrogens with two attached hydrogens (primary N) is 1. The maximum Gasteiger partial charge on any atom is 0.404 e. The molecule has 96 valence electrons. The minimum absolute atomic E-state index is 0.0459. The average molecular weight is 240 g/mol. The molecule has 1 fully saturated rings. The highest BCUT2D eigenvalue weighted by Gasteiger charge is 2.44. The second kappa shape index (κ2) is 5.33. The lowest BCUT2D eigenvalue weighted by Gasteiger charge is -2.40. The molecule has 2 N–H and O–H groups in total. The molecule has 0 aromatic heterocycles. The lowest BCUT2D eigenvalue weighted by Crippen LogP contribution is -2.55. The van der Waals surface area contributed by atoms with E-state index in [0.717, 1.165) is 0 Å².